The maximum Gasteiger partial charge on any atom is 0.408 e. The quantitative estimate of drug-likeness (QED) is 0.163. The van der Waals surface area contributed by atoms with Crippen LogP contribution in [0.4, 0.5) is 4.79 Å². The Morgan fingerprint density at radius 2 is 1.82 bits per heavy atom. The van der Waals surface area contributed by atoms with Crippen molar-refractivity contribution in [1.29, 1.82) is 0 Å². The average molecular weight is 812 g/mol. The predicted octanol–water partition coefficient (Wildman–Crippen LogP) is 6.00. The summed E-state index contributed by atoms with van der Waals surface area (Å²) in [5.41, 5.74) is -0.433. The Hall–Kier alpha value is -4.21. The third-order valence-corrected chi connectivity index (χ3v) is 12.9. The van der Waals surface area contributed by atoms with E-state index in [1.54, 1.807) is 25.3 Å². The number of nitrogens with zero attached hydrogens (tertiary/aromatic N) is 3. The number of carbonyl (C=O) groups is 4. The second kappa shape index (κ2) is 15.6. The summed E-state index contributed by atoms with van der Waals surface area (Å²) in [6.07, 6.45) is 2.16. The zero-order valence-corrected chi connectivity index (χ0v) is 34.1. The van der Waals surface area contributed by atoms with Crippen molar-refractivity contribution in [2.75, 3.05) is 26.9 Å². The molecule has 3 N–H and O–H groups in total. The third-order valence-electron chi connectivity index (χ3n) is 11.5. The number of aliphatic carboxylic acids is 1. The van der Waals surface area contributed by atoms with Gasteiger partial charge in [-0.3, -0.25) is 9.59 Å². The number of fused-ring (bicyclic) bond motifs is 2. The maximum absolute atomic E-state index is 14.7. The van der Waals surface area contributed by atoms with Crippen LogP contribution >= 0.6 is 22.9 Å². The molecule has 1 saturated heterocycles. The molecular weight excluding hydrogens is 762 g/mol. The minimum Gasteiger partial charge on any atom is -0.490 e. The zero-order valence-electron chi connectivity index (χ0n) is 32.6. The molecule has 1 aromatic carbocycles. The van der Waals surface area contributed by atoms with E-state index in [1.165, 1.54) is 22.7 Å². The molecule has 14 nitrogen and oxygen atoms in total. The van der Waals surface area contributed by atoms with Crippen molar-refractivity contribution < 1.29 is 43.2 Å². The highest BCUT2D eigenvalue weighted by Gasteiger charge is 2.61. The fourth-order valence-electron chi connectivity index (χ4n) is 8.26. The van der Waals surface area contributed by atoms with E-state index >= 15 is 0 Å². The number of carboxylic acid groups (broad SMARTS) is 1. The lowest BCUT2D eigenvalue weighted by atomic mass is 9.85. The summed E-state index contributed by atoms with van der Waals surface area (Å²) >= 11 is 8.32. The van der Waals surface area contributed by atoms with Crippen molar-refractivity contribution in [2.45, 2.75) is 103 Å². The van der Waals surface area contributed by atoms with E-state index in [9.17, 15) is 24.3 Å². The number of amides is 3. The number of rotatable bonds is 14. The van der Waals surface area contributed by atoms with Gasteiger partial charge in [0.05, 0.1) is 18.7 Å². The summed E-state index contributed by atoms with van der Waals surface area (Å²) in [6, 6.07) is 3.12. The fourth-order valence-corrected chi connectivity index (χ4v) is 9.27. The van der Waals surface area contributed by atoms with Crippen LogP contribution in [-0.2, 0) is 23.9 Å². The van der Waals surface area contributed by atoms with Crippen LogP contribution < -0.4 is 20.1 Å². The number of carboxylic acids is 1. The molecule has 3 aliphatic carbocycles. The molecule has 56 heavy (non-hydrogen) atoms. The summed E-state index contributed by atoms with van der Waals surface area (Å²) < 4.78 is 23.5. The van der Waals surface area contributed by atoms with Crippen molar-refractivity contribution in [1.82, 2.24) is 25.5 Å². The number of benzene rings is 1. The number of hydrogen-bond donors (Lipinski definition) is 3. The minimum absolute atomic E-state index is 0.0229. The van der Waals surface area contributed by atoms with Crippen LogP contribution in [0, 0.1) is 30.1 Å². The lowest BCUT2D eigenvalue weighted by molar-refractivity contribution is -0.146. The first-order valence-electron chi connectivity index (χ1n) is 19.3. The Kier molecular flexibility index (Phi) is 11.2. The Labute approximate surface area is 335 Å². The molecule has 16 heteroatoms. The minimum atomic E-state index is -1.41. The molecule has 3 saturated carbocycles. The molecule has 1 aliphatic heterocycles. The van der Waals surface area contributed by atoms with Gasteiger partial charge in [-0.15, -0.1) is 11.3 Å². The molecule has 3 amide bonds. The molecule has 0 spiro atoms. The molecule has 4 aliphatic rings. The van der Waals surface area contributed by atoms with E-state index < -0.39 is 53.0 Å². The van der Waals surface area contributed by atoms with Gasteiger partial charge in [-0.1, -0.05) is 45.7 Å². The summed E-state index contributed by atoms with van der Waals surface area (Å²) in [6.45, 7) is 9.87. The van der Waals surface area contributed by atoms with Crippen LogP contribution in [-0.4, -0.2) is 101 Å². The molecular formula is C40H50ClN5O9S. The van der Waals surface area contributed by atoms with Gasteiger partial charge < -0.3 is 39.6 Å². The number of hydrogen-bond acceptors (Lipinski definition) is 11. The normalized spacial score (nSPS) is 27.0. The number of carbonyl (C=O) groups excluding carboxylic acids is 3. The van der Waals surface area contributed by atoms with Gasteiger partial charge in [0.25, 0.3) is 0 Å². The molecule has 8 atom stereocenters. The number of ether oxygens (including phenoxy) is 4. The number of thiazole rings is 1. The van der Waals surface area contributed by atoms with Gasteiger partial charge in [0.1, 0.15) is 63.7 Å². The van der Waals surface area contributed by atoms with Crippen molar-refractivity contribution in [3.63, 3.8) is 0 Å². The molecule has 7 rings (SSSR count). The van der Waals surface area contributed by atoms with Crippen molar-refractivity contribution >= 4 is 57.7 Å². The highest BCUT2D eigenvalue weighted by molar-refractivity contribution is 7.13. The second-order valence-corrected chi connectivity index (χ2v) is 17.9. The standard InChI is InChI=1S/C40H50ClN5O9S/c1-7-23-17-40(23,37(49)50)45-34(47)28-15-25(18-46(28)36(48)33(39(3,4)5)44-38(51)55-24-13-21-12-22(21)14-24)54-30-16-27(35-42-20(2)19-56-35)43-32-26(30)8-9-29(31(32)41)53-11-10-52-6/h8-9,16,19,21-25,28,33H,7,10-15,17-18H2,1-6H3,(H,44,51)(H,45,47)(H,49,50)/t21-,22+,23-,24-,25-,28+,33-,40-/m1/s1. The van der Waals surface area contributed by atoms with Crippen LogP contribution in [0.5, 0.6) is 11.5 Å². The SMILES string of the molecule is CC[C@@H]1C[C@]1(NC(=O)[C@@H]1C[C@@H](Oc2cc(-c3nc(C)cs3)nc3c(Cl)c(OCCOC)ccc23)CN1C(=O)[C@@H](NC(=O)O[C@H]1C[C@@H]2C[C@@H]2C1)C(C)(C)C)C(=O)O. The fraction of sp³-hybridized carbons (Fsp3) is 0.600. The summed E-state index contributed by atoms with van der Waals surface area (Å²) in [5.74, 6) is -0.408. The van der Waals surface area contributed by atoms with Crippen LogP contribution in [0.2, 0.25) is 5.02 Å². The van der Waals surface area contributed by atoms with Gasteiger partial charge in [0, 0.05) is 36.1 Å². The molecule has 0 radical (unpaired) electrons. The van der Waals surface area contributed by atoms with E-state index in [0.29, 0.717) is 64.4 Å². The van der Waals surface area contributed by atoms with E-state index in [0.717, 1.165) is 18.5 Å². The van der Waals surface area contributed by atoms with Crippen LogP contribution in [0.3, 0.4) is 0 Å². The van der Waals surface area contributed by atoms with Crippen LogP contribution in [0.15, 0.2) is 23.6 Å². The third kappa shape index (κ3) is 8.12. The number of aryl methyl sites for hydroxylation is 1. The summed E-state index contributed by atoms with van der Waals surface area (Å²) in [4.78, 5) is 65.4. The molecule has 3 heterocycles. The topological polar surface area (TPSA) is 179 Å². The van der Waals surface area contributed by atoms with Gasteiger partial charge in [-0.2, -0.15) is 0 Å². The first-order valence-corrected chi connectivity index (χ1v) is 20.5. The average Bonchev–Trinajstić information content (AvgIpc) is 3.83. The zero-order chi connectivity index (χ0) is 40.1. The number of halogens is 1. The highest BCUT2D eigenvalue weighted by atomic mass is 35.5. The van der Waals surface area contributed by atoms with E-state index in [2.05, 4.69) is 15.6 Å². The Balaban J connectivity index is 1.20. The van der Waals surface area contributed by atoms with Gasteiger partial charge in [-0.25, -0.2) is 19.6 Å². The lowest BCUT2D eigenvalue weighted by Crippen LogP contribution is -2.59. The van der Waals surface area contributed by atoms with Gasteiger partial charge in [0.15, 0.2) is 0 Å². The van der Waals surface area contributed by atoms with E-state index in [-0.39, 0.29) is 36.6 Å². The number of likely N-dealkylation sites (tertiary alicyclic amines) is 1. The Morgan fingerprint density at radius 1 is 1.07 bits per heavy atom. The van der Waals surface area contributed by atoms with Crippen molar-refractivity contribution in [3.05, 3.63) is 34.3 Å². The molecule has 0 unspecified atom stereocenters. The predicted molar refractivity (Wildman–Crippen MR) is 209 cm³/mol. The maximum atomic E-state index is 14.7. The number of alkyl carbamates (subject to hydrolysis) is 1. The van der Waals surface area contributed by atoms with Gasteiger partial charge >= 0.3 is 12.1 Å². The largest absolute Gasteiger partial charge is 0.490 e. The van der Waals surface area contributed by atoms with E-state index in [1.807, 2.05) is 40.0 Å². The van der Waals surface area contributed by atoms with Crippen molar-refractivity contribution in [2.24, 2.45) is 23.2 Å². The molecule has 3 aromatic rings. The van der Waals surface area contributed by atoms with E-state index in [4.69, 9.17) is 35.5 Å². The molecule has 2 aromatic heterocycles. The van der Waals surface area contributed by atoms with Crippen LogP contribution in [0.1, 0.15) is 71.9 Å². The highest BCUT2D eigenvalue weighted by Crippen LogP contribution is 2.52. The first kappa shape index (κ1) is 40.0. The van der Waals surface area contributed by atoms with Crippen molar-refractivity contribution in [3.8, 4) is 22.2 Å². The molecule has 0 bridgehead atoms. The number of pyridine rings is 1. The lowest BCUT2D eigenvalue weighted by Gasteiger charge is -2.35. The monoisotopic (exact) mass is 811 g/mol. The first-order chi connectivity index (χ1) is 26.6. The second-order valence-electron chi connectivity index (χ2n) is 16.7. The molecule has 4 fully saturated rings. The molecule has 302 valence electrons. The smallest absolute Gasteiger partial charge is 0.408 e. The van der Waals surface area contributed by atoms with Gasteiger partial charge in [0.2, 0.25) is 11.8 Å². The summed E-state index contributed by atoms with van der Waals surface area (Å²) in [5, 5.41) is 19.2. The summed E-state index contributed by atoms with van der Waals surface area (Å²) in [7, 11) is 1.58. The number of nitrogens with one attached hydrogen (secondary N) is 2. The Morgan fingerprint density at radius 3 is 2.45 bits per heavy atom. The van der Waals surface area contributed by atoms with Crippen LogP contribution in [0.25, 0.3) is 21.6 Å². The van der Waals surface area contributed by atoms with Gasteiger partial charge in [-0.05, 0) is 67.9 Å². The Bertz CT molecular complexity index is 2010. The number of methoxy groups -OCH3 is 1. The number of aromatic nitrogens is 2.